The van der Waals surface area contributed by atoms with Crippen molar-refractivity contribution < 1.29 is 34.7 Å². The number of ketones is 1. The molecule has 0 bridgehead atoms. The number of pyridine rings is 1. The topological polar surface area (TPSA) is 59.4 Å². The summed E-state index contributed by atoms with van der Waals surface area (Å²) in [5.74, 6) is 3.07. The molecule has 1 aliphatic rings. The molecule has 46 heavy (non-hydrogen) atoms. The normalized spacial score (nSPS) is 12.8. The van der Waals surface area contributed by atoms with Crippen molar-refractivity contribution in [1.29, 1.82) is 0 Å². The van der Waals surface area contributed by atoms with Gasteiger partial charge in [-0.25, -0.2) is 0 Å². The first kappa shape index (κ1) is 37.4. The zero-order valence-corrected chi connectivity index (χ0v) is 31.8. The van der Waals surface area contributed by atoms with E-state index in [1.807, 2.05) is 47.7 Å². The molecule has 1 aromatic heterocycles. The van der Waals surface area contributed by atoms with E-state index in [2.05, 4.69) is 76.2 Å². The molecular formula is C41H52IrNO3-. The third kappa shape index (κ3) is 7.42. The Balaban J connectivity index is 0.000000280. The van der Waals surface area contributed by atoms with Gasteiger partial charge in [0.25, 0.3) is 0 Å². The summed E-state index contributed by atoms with van der Waals surface area (Å²) >= 11 is 0. The average molecular weight is 799 g/mol. The van der Waals surface area contributed by atoms with Crippen molar-refractivity contribution >= 4 is 27.3 Å². The first-order valence-corrected chi connectivity index (χ1v) is 16.9. The van der Waals surface area contributed by atoms with Crippen molar-refractivity contribution in [2.24, 2.45) is 16.7 Å². The zero-order valence-electron chi connectivity index (χ0n) is 29.4. The van der Waals surface area contributed by atoms with E-state index in [9.17, 15) is 9.90 Å². The molecule has 4 nitrogen and oxygen atoms in total. The van der Waals surface area contributed by atoms with Crippen LogP contribution in [0.2, 0.25) is 0 Å². The largest absolute Gasteiger partial charge is 0.512 e. The van der Waals surface area contributed by atoms with Gasteiger partial charge in [0.2, 0.25) is 0 Å². The van der Waals surface area contributed by atoms with Gasteiger partial charge in [-0.15, -0.1) is 17.5 Å². The predicted molar refractivity (Wildman–Crippen MR) is 189 cm³/mol. The fourth-order valence-corrected chi connectivity index (χ4v) is 6.11. The number of aliphatic hydroxyl groups is 1. The van der Waals surface area contributed by atoms with Crippen LogP contribution < -0.4 is 4.74 Å². The van der Waals surface area contributed by atoms with Crippen molar-refractivity contribution in [1.82, 2.24) is 4.98 Å². The van der Waals surface area contributed by atoms with Crippen LogP contribution in [0.25, 0.3) is 32.8 Å². The maximum atomic E-state index is 12.2. The first-order chi connectivity index (χ1) is 21.3. The Morgan fingerprint density at radius 3 is 2.17 bits per heavy atom. The van der Waals surface area contributed by atoms with Crippen LogP contribution in [0.3, 0.4) is 0 Å². The Bertz CT molecular complexity index is 1710. The molecule has 0 spiro atoms. The van der Waals surface area contributed by atoms with E-state index in [0.29, 0.717) is 11.8 Å². The summed E-state index contributed by atoms with van der Waals surface area (Å²) in [4.78, 5) is 16.9. The Kier molecular flexibility index (Phi) is 12.4. The number of nitrogens with zero attached hydrogens (tertiary/aromatic N) is 1. The van der Waals surface area contributed by atoms with Crippen LogP contribution in [0.5, 0.6) is 11.5 Å². The van der Waals surface area contributed by atoms with Crippen molar-refractivity contribution in [2.75, 3.05) is 0 Å². The van der Waals surface area contributed by atoms with Gasteiger partial charge in [0.05, 0.1) is 5.75 Å². The third-order valence-electron chi connectivity index (χ3n) is 10.1. The summed E-state index contributed by atoms with van der Waals surface area (Å²) in [6.07, 6.45) is 7.70. The van der Waals surface area contributed by atoms with Gasteiger partial charge < -0.3 is 9.84 Å². The van der Waals surface area contributed by atoms with Crippen LogP contribution in [-0.4, -0.2) is 15.9 Å². The van der Waals surface area contributed by atoms with Gasteiger partial charge in [-0.05, 0) is 67.0 Å². The van der Waals surface area contributed by atoms with Crippen LogP contribution in [-0.2, 0) is 31.3 Å². The maximum absolute atomic E-state index is 12.2. The third-order valence-corrected chi connectivity index (χ3v) is 10.1. The molecule has 0 unspecified atom stereocenters. The summed E-state index contributed by atoms with van der Waals surface area (Å²) in [7, 11) is 0. The summed E-state index contributed by atoms with van der Waals surface area (Å²) in [5, 5.41) is 14.8. The Morgan fingerprint density at radius 1 is 0.957 bits per heavy atom. The maximum Gasteiger partial charge on any atom is 0.164 e. The second-order valence-corrected chi connectivity index (χ2v) is 13.9. The number of aliphatic hydroxyl groups excluding tert-OH is 1. The number of hydrogen-bond acceptors (Lipinski definition) is 4. The SMILES string of the molecule is CC(C)Cc1cc2c3c(nccc3c1)-c1[c-]c3ccccc3c(C(C)C)c1O2.CCC(C)(CC)C(=O)/C=C(\O)C(C)(CC)CC.[Ir]. The number of ether oxygens (including phenoxy) is 1. The molecule has 0 fully saturated rings. The molecule has 249 valence electrons. The molecule has 0 aliphatic carbocycles. The number of benzene rings is 3. The van der Waals surface area contributed by atoms with E-state index in [-0.39, 0.29) is 42.5 Å². The summed E-state index contributed by atoms with van der Waals surface area (Å²) in [6.45, 7) is 21.0. The molecule has 5 heteroatoms. The van der Waals surface area contributed by atoms with Crippen molar-refractivity contribution in [3.63, 3.8) is 0 Å². The van der Waals surface area contributed by atoms with Gasteiger partial charge in [-0.3, -0.25) is 9.78 Å². The second kappa shape index (κ2) is 15.3. The molecule has 0 saturated carbocycles. The average Bonchev–Trinajstić information content (AvgIpc) is 3.02. The molecule has 1 N–H and O–H groups in total. The van der Waals surface area contributed by atoms with Crippen LogP contribution >= 0.6 is 0 Å². The molecule has 0 amide bonds. The summed E-state index contributed by atoms with van der Waals surface area (Å²) < 4.78 is 6.60. The van der Waals surface area contributed by atoms with Gasteiger partial charge in [0, 0.05) is 54.3 Å². The molecule has 5 rings (SSSR count). The minimum Gasteiger partial charge on any atom is -0.512 e. The molecule has 1 radical (unpaired) electrons. The van der Waals surface area contributed by atoms with Crippen molar-refractivity contribution in [2.45, 2.75) is 107 Å². The summed E-state index contributed by atoms with van der Waals surface area (Å²) in [5.41, 5.74) is 3.92. The van der Waals surface area contributed by atoms with Gasteiger partial charge in [0.1, 0.15) is 11.5 Å². The number of hydrogen-bond donors (Lipinski definition) is 1. The van der Waals surface area contributed by atoms with E-state index in [4.69, 9.17) is 9.72 Å². The van der Waals surface area contributed by atoms with E-state index >= 15 is 0 Å². The molecule has 3 aromatic carbocycles. The van der Waals surface area contributed by atoms with E-state index in [0.717, 1.165) is 65.6 Å². The van der Waals surface area contributed by atoms with Gasteiger partial charge >= 0.3 is 0 Å². The molecule has 2 heterocycles. The number of aromatic nitrogens is 1. The van der Waals surface area contributed by atoms with Crippen molar-refractivity contribution in [3.05, 3.63) is 77.7 Å². The number of fused-ring (bicyclic) bond motifs is 3. The van der Waals surface area contributed by atoms with Crippen molar-refractivity contribution in [3.8, 4) is 22.8 Å². The Hall–Kier alpha value is -3.01. The number of carbonyl (C=O) groups excluding carboxylic acids is 1. The number of carbonyl (C=O) groups is 1. The number of allylic oxidation sites excluding steroid dienone is 2. The molecule has 0 atom stereocenters. The summed E-state index contributed by atoms with van der Waals surface area (Å²) in [6, 6.07) is 18.6. The quantitative estimate of drug-likeness (QED) is 0.0868. The van der Waals surface area contributed by atoms with Crippen LogP contribution in [0.1, 0.15) is 112 Å². The van der Waals surface area contributed by atoms with Crippen LogP contribution in [0.4, 0.5) is 0 Å². The molecule has 1 aliphatic heterocycles. The first-order valence-electron chi connectivity index (χ1n) is 16.9. The Morgan fingerprint density at radius 2 is 1.59 bits per heavy atom. The van der Waals surface area contributed by atoms with Crippen LogP contribution in [0.15, 0.2) is 60.5 Å². The van der Waals surface area contributed by atoms with Gasteiger partial charge in [-0.1, -0.05) is 110 Å². The second-order valence-electron chi connectivity index (χ2n) is 13.9. The van der Waals surface area contributed by atoms with E-state index in [1.165, 1.54) is 28.0 Å². The molecular weight excluding hydrogens is 747 g/mol. The fourth-order valence-electron chi connectivity index (χ4n) is 6.11. The monoisotopic (exact) mass is 799 g/mol. The van der Waals surface area contributed by atoms with E-state index < -0.39 is 0 Å². The molecule has 4 aromatic rings. The standard InChI is InChI=1S/C26H24NO.C15H28O2.Ir/c1-15(2)11-17-12-19-9-10-27-25-21-14-18-7-5-6-8-20(18)23(16(3)4)26(21)28-22(13-17)24(19)25;1-7-14(5,8-2)12(16)11-13(17)15(6,9-3)10-4;/h5-10,12-13,15-16H,11H2,1-4H3;11,16H,7-10H2,1-6H3;/q-1;;/b;12-11-;. The van der Waals surface area contributed by atoms with Gasteiger partial charge in [0.15, 0.2) is 5.78 Å². The minimum atomic E-state index is -0.337. The van der Waals surface area contributed by atoms with Crippen LogP contribution in [0, 0.1) is 22.8 Å². The smallest absolute Gasteiger partial charge is 0.164 e. The molecule has 0 saturated heterocycles. The fraction of sp³-hybridized carbons (Fsp3) is 0.463. The van der Waals surface area contributed by atoms with E-state index in [1.54, 1.807) is 0 Å². The zero-order chi connectivity index (χ0) is 33.1. The Labute approximate surface area is 290 Å². The number of rotatable bonds is 10. The predicted octanol–water partition coefficient (Wildman–Crippen LogP) is 11.9. The van der Waals surface area contributed by atoms with Gasteiger partial charge in [-0.2, -0.15) is 0 Å². The minimum absolute atomic E-state index is 0.